The van der Waals surface area contributed by atoms with Crippen LogP contribution in [0, 0.1) is 5.41 Å². The Bertz CT molecular complexity index is 483. The molecule has 2 atom stereocenters. The number of halogens is 3. The molecule has 0 saturated heterocycles. The van der Waals surface area contributed by atoms with Crippen molar-refractivity contribution in [3.05, 3.63) is 23.8 Å². The highest BCUT2D eigenvalue weighted by Gasteiger charge is 2.61. The second-order valence-corrected chi connectivity index (χ2v) is 12.4. The molecule has 0 saturated carbocycles. The van der Waals surface area contributed by atoms with Gasteiger partial charge in [-0.15, -0.1) is 0 Å². The van der Waals surface area contributed by atoms with Crippen LogP contribution in [0.25, 0.3) is 0 Å². The van der Waals surface area contributed by atoms with Crippen LogP contribution in [0.15, 0.2) is 23.8 Å². The minimum atomic E-state index is -4.53. The zero-order valence-corrected chi connectivity index (χ0v) is 15.7. The van der Waals surface area contributed by atoms with E-state index in [1.165, 1.54) is 13.2 Å². The fourth-order valence-corrected chi connectivity index (χ4v) is 3.85. The molecule has 0 spiro atoms. The predicted octanol–water partition coefficient (Wildman–Crippen LogP) is 5.09. The summed E-state index contributed by atoms with van der Waals surface area (Å²) in [5.74, 6) is 0. The van der Waals surface area contributed by atoms with Gasteiger partial charge in [-0.3, -0.25) is 0 Å². The maximum absolute atomic E-state index is 14.0. The van der Waals surface area contributed by atoms with E-state index >= 15 is 0 Å². The van der Waals surface area contributed by atoms with Crippen molar-refractivity contribution in [3.8, 4) is 0 Å². The van der Waals surface area contributed by atoms with Gasteiger partial charge < -0.3 is 9.16 Å². The Morgan fingerprint density at radius 1 is 1.05 bits per heavy atom. The summed E-state index contributed by atoms with van der Waals surface area (Å²) in [5.41, 5.74) is -3.75. The predicted molar refractivity (Wildman–Crippen MR) is 85.3 cm³/mol. The van der Waals surface area contributed by atoms with E-state index in [-0.39, 0.29) is 5.57 Å². The van der Waals surface area contributed by atoms with Gasteiger partial charge in [-0.25, -0.2) is 0 Å². The Morgan fingerprint density at radius 2 is 1.55 bits per heavy atom. The topological polar surface area (TPSA) is 18.5 Å². The summed E-state index contributed by atoms with van der Waals surface area (Å²) in [6.45, 7) is 12.3. The molecule has 0 aromatic heterocycles. The molecule has 0 bridgehead atoms. The normalized spacial score (nSPS) is 30.4. The quantitative estimate of drug-likeness (QED) is 0.528. The largest absolute Gasteiger partial charge is 0.424 e. The Morgan fingerprint density at radius 3 is 1.86 bits per heavy atom. The van der Waals surface area contributed by atoms with Crippen molar-refractivity contribution in [1.82, 2.24) is 0 Å². The number of ether oxygens (including phenoxy) is 1. The highest BCUT2D eigenvalue weighted by molar-refractivity contribution is 6.69. The fraction of sp³-hybridized carbons (Fsp3) is 0.750. The van der Waals surface area contributed by atoms with Gasteiger partial charge in [-0.1, -0.05) is 20.8 Å². The van der Waals surface area contributed by atoms with Crippen LogP contribution in [-0.4, -0.2) is 32.8 Å². The molecular formula is C16H27F3O2Si. The summed E-state index contributed by atoms with van der Waals surface area (Å²) in [5, 5.41) is 0. The van der Waals surface area contributed by atoms with Crippen LogP contribution in [0.2, 0.25) is 19.6 Å². The monoisotopic (exact) mass is 336 g/mol. The average Bonchev–Trinajstić information content (AvgIpc) is 2.27. The van der Waals surface area contributed by atoms with Crippen molar-refractivity contribution in [2.45, 2.75) is 64.7 Å². The number of rotatable bonds is 3. The molecule has 128 valence electrons. The second kappa shape index (κ2) is 5.49. The van der Waals surface area contributed by atoms with Crippen molar-refractivity contribution in [2.75, 3.05) is 7.11 Å². The van der Waals surface area contributed by atoms with E-state index in [1.807, 2.05) is 0 Å². The molecule has 0 aromatic carbocycles. The molecule has 0 amide bonds. The standard InChI is InChI=1S/C16H27F3O2Si/c1-13(2,3)12-11-14(4,20-5)9-10-15(12,16(17,18)19)21-22(6,7)8/h9-11H,1-8H3/t14-,15-/m1/s1. The number of hydrogen-bond acceptors (Lipinski definition) is 2. The van der Waals surface area contributed by atoms with Gasteiger partial charge in [-0.05, 0) is 55.8 Å². The summed E-state index contributed by atoms with van der Waals surface area (Å²) in [7, 11) is -0.970. The summed E-state index contributed by atoms with van der Waals surface area (Å²) in [6, 6.07) is 0. The third-order valence-electron chi connectivity index (χ3n) is 3.62. The first kappa shape index (κ1) is 19.5. The van der Waals surface area contributed by atoms with Gasteiger partial charge in [0.05, 0.1) is 0 Å². The minimum Gasteiger partial charge on any atom is -0.398 e. The lowest BCUT2D eigenvalue weighted by Crippen LogP contribution is -2.57. The zero-order chi connectivity index (χ0) is 17.6. The Labute approximate surface area is 132 Å². The van der Waals surface area contributed by atoms with Crippen molar-refractivity contribution in [3.63, 3.8) is 0 Å². The third-order valence-corrected chi connectivity index (χ3v) is 4.55. The molecule has 0 fully saturated rings. The molecule has 0 N–H and O–H groups in total. The van der Waals surface area contributed by atoms with Crippen LogP contribution in [-0.2, 0) is 9.16 Å². The average molecular weight is 336 g/mol. The van der Waals surface area contributed by atoms with Crippen LogP contribution < -0.4 is 0 Å². The Kier molecular flexibility index (Phi) is 4.86. The van der Waals surface area contributed by atoms with Crippen molar-refractivity contribution in [1.29, 1.82) is 0 Å². The molecule has 0 unspecified atom stereocenters. The zero-order valence-electron chi connectivity index (χ0n) is 14.7. The lowest BCUT2D eigenvalue weighted by molar-refractivity contribution is -0.223. The van der Waals surface area contributed by atoms with Crippen LogP contribution in [0.1, 0.15) is 27.7 Å². The van der Waals surface area contributed by atoms with E-state index in [4.69, 9.17) is 9.16 Å². The molecule has 1 aliphatic rings. The van der Waals surface area contributed by atoms with E-state index < -0.39 is 31.1 Å². The molecule has 22 heavy (non-hydrogen) atoms. The Hall–Kier alpha value is -0.593. The van der Waals surface area contributed by atoms with Crippen molar-refractivity contribution >= 4 is 8.32 Å². The molecule has 2 nitrogen and oxygen atoms in total. The first-order valence-corrected chi connectivity index (χ1v) is 10.7. The van der Waals surface area contributed by atoms with Crippen molar-refractivity contribution < 1.29 is 22.3 Å². The van der Waals surface area contributed by atoms with Gasteiger partial charge in [0.2, 0.25) is 0 Å². The maximum Gasteiger partial charge on any atom is 0.424 e. The maximum atomic E-state index is 14.0. The number of methoxy groups -OCH3 is 1. The summed E-state index contributed by atoms with van der Waals surface area (Å²) in [4.78, 5) is 0. The van der Waals surface area contributed by atoms with Crippen LogP contribution in [0.3, 0.4) is 0 Å². The van der Waals surface area contributed by atoms with Crippen molar-refractivity contribution in [2.24, 2.45) is 5.41 Å². The highest BCUT2D eigenvalue weighted by Crippen LogP contribution is 2.51. The van der Waals surface area contributed by atoms with Gasteiger partial charge in [0.15, 0.2) is 13.9 Å². The van der Waals surface area contributed by atoms with E-state index in [1.54, 1.807) is 53.4 Å². The first-order valence-electron chi connectivity index (χ1n) is 7.33. The smallest absolute Gasteiger partial charge is 0.398 e. The molecular weight excluding hydrogens is 309 g/mol. The Balaban J connectivity index is 3.62. The van der Waals surface area contributed by atoms with Crippen LogP contribution in [0.5, 0.6) is 0 Å². The molecule has 0 aromatic rings. The lowest BCUT2D eigenvalue weighted by Gasteiger charge is -2.47. The van der Waals surface area contributed by atoms with E-state index in [0.29, 0.717) is 0 Å². The second-order valence-electron chi connectivity index (χ2n) is 7.98. The fourth-order valence-electron chi connectivity index (χ4n) is 2.59. The SMILES string of the molecule is CO[C@]1(C)C=C[C@](O[Si](C)(C)C)(C(F)(F)F)C(C(C)(C)C)=C1. The summed E-state index contributed by atoms with van der Waals surface area (Å²) in [6.07, 6.45) is -0.399. The number of hydrogen-bond donors (Lipinski definition) is 0. The third kappa shape index (κ3) is 3.84. The molecule has 0 heterocycles. The summed E-state index contributed by atoms with van der Waals surface area (Å²) >= 11 is 0. The molecule has 1 rings (SSSR count). The highest BCUT2D eigenvalue weighted by atomic mass is 28.4. The lowest BCUT2D eigenvalue weighted by atomic mass is 9.70. The van der Waals surface area contributed by atoms with Gasteiger partial charge in [0, 0.05) is 7.11 Å². The van der Waals surface area contributed by atoms with Crippen LogP contribution in [0.4, 0.5) is 13.2 Å². The molecule has 0 radical (unpaired) electrons. The molecule has 0 aliphatic heterocycles. The van der Waals surface area contributed by atoms with E-state index in [0.717, 1.165) is 6.08 Å². The first-order chi connectivity index (χ1) is 9.56. The van der Waals surface area contributed by atoms with Gasteiger partial charge in [-0.2, -0.15) is 13.2 Å². The molecule has 6 heteroatoms. The van der Waals surface area contributed by atoms with Gasteiger partial charge >= 0.3 is 6.18 Å². The van der Waals surface area contributed by atoms with Gasteiger partial charge in [0.25, 0.3) is 0 Å². The molecule has 1 aliphatic carbocycles. The van der Waals surface area contributed by atoms with E-state index in [9.17, 15) is 13.2 Å². The van der Waals surface area contributed by atoms with Gasteiger partial charge in [0.1, 0.15) is 5.60 Å². The summed E-state index contributed by atoms with van der Waals surface area (Å²) < 4.78 is 53.2. The van der Waals surface area contributed by atoms with Crippen LogP contribution >= 0.6 is 0 Å². The number of alkyl halides is 3. The van der Waals surface area contributed by atoms with E-state index in [2.05, 4.69) is 0 Å². The minimum absolute atomic E-state index is 0.196.